The third-order valence-electron chi connectivity index (χ3n) is 4.60. The minimum Gasteiger partial charge on any atom is -0.497 e. The molecule has 1 unspecified atom stereocenters. The molecule has 0 heterocycles. The number of nitrogens with one attached hydrogen (secondary N) is 2. The van der Waals surface area contributed by atoms with E-state index in [2.05, 4.69) is 16.7 Å². The summed E-state index contributed by atoms with van der Waals surface area (Å²) in [6.07, 6.45) is 0. The number of amides is 2. The van der Waals surface area contributed by atoms with Crippen molar-refractivity contribution in [2.45, 2.75) is 30.9 Å². The molecule has 0 aliphatic heterocycles. The van der Waals surface area contributed by atoms with Gasteiger partial charge in [-0.05, 0) is 80.4 Å². The van der Waals surface area contributed by atoms with Crippen LogP contribution >= 0.6 is 11.8 Å². The third-order valence-corrected chi connectivity index (χ3v) is 5.69. The van der Waals surface area contributed by atoms with E-state index < -0.39 is 0 Å². The van der Waals surface area contributed by atoms with Crippen LogP contribution in [0.25, 0.3) is 0 Å². The molecule has 5 nitrogen and oxygen atoms in total. The molecule has 2 N–H and O–H groups in total. The first-order valence-corrected chi connectivity index (χ1v) is 10.8. The lowest BCUT2D eigenvalue weighted by Gasteiger charge is -2.14. The molecular weight excluding hydrogens is 408 g/mol. The number of rotatable bonds is 7. The van der Waals surface area contributed by atoms with Crippen LogP contribution in [0.3, 0.4) is 0 Å². The van der Waals surface area contributed by atoms with Crippen LogP contribution in [-0.4, -0.2) is 24.2 Å². The van der Waals surface area contributed by atoms with Crippen LogP contribution in [0.1, 0.15) is 28.4 Å². The Bertz CT molecular complexity index is 1080. The van der Waals surface area contributed by atoms with Gasteiger partial charge in [-0.25, -0.2) is 0 Å². The zero-order chi connectivity index (χ0) is 22.4. The number of anilines is 2. The van der Waals surface area contributed by atoms with Crippen LogP contribution in [0.5, 0.6) is 5.75 Å². The van der Waals surface area contributed by atoms with E-state index in [9.17, 15) is 9.59 Å². The lowest BCUT2D eigenvalue weighted by atomic mass is 10.1. The fourth-order valence-electron chi connectivity index (χ4n) is 3.16. The van der Waals surface area contributed by atoms with Gasteiger partial charge >= 0.3 is 0 Å². The van der Waals surface area contributed by atoms with Gasteiger partial charge in [-0.15, -0.1) is 11.8 Å². The smallest absolute Gasteiger partial charge is 0.255 e. The van der Waals surface area contributed by atoms with Gasteiger partial charge in [0.15, 0.2) is 0 Å². The molecule has 3 rings (SSSR count). The highest BCUT2D eigenvalue weighted by Gasteiger charge is 2.16. The fraction of sp³-hybridized carbons (Fsp3) is 0.200. The average molecular weight is 435 g/mol. The Labute approximate surface area is 187 Å². The van der Waals surface area contributed by atoms with Crippen molar-refractivity contribution in [1.29, 1.82) is 0 Å². The zero-order valence-electron chi connectivity index (χ0n) is 18.1. The minimum atomic E-state index is -0.301. The molecule has 0 bridgehead atoms. The van der Waals surface area contributed by atoms with E-state index in [4.69, 9.17) is 4.74 Å². The van der Waals surface area contributed by atoms with Crippen LogP contribution in [0.15, 0.2) is 71.6 Å². The van der Waals surface area contributed by atoms with Crippen molar-refractivity contribution in [3.05, 3.63) is 83.4 Å². The molecule has 0 fully saturated rings. The normalized spacial score (nSPS) is 11.5. The monoisotopic (exact) mass is 434 g/mol. The summed E-state index contributed by atoms with van der Waals surface area (Å²) in [5, 5.41) is 5.58. The Balaban J connectivity index is 1.64. The van der Waals surface area contributed by atoms with Gasteiger partial charge in [0.1, 0.15) is 5.75 Å². The molecule has 0 radical (unpaired) electrons. The molecule has 0 saturated carbocycles. The highest BCUT2D eigenvalue weighted by molar-refractivity contribution is 8.00. The van der Waals surface area contributed by atoms with Crippen molar-refractivity contribution in [3.8, 4) is 5.75 Å². The van der Waals surface area contributed by atoms with Crippen LogP contribution in [-0.2, 0) is 4.79 Å². The van der Waals surface area contributed by atoms with E-state index in [1.807, 2.05) is 57.2 Å². The van der Waals surface area contributed by atoms with Gasteiger partial charge in [-0.3, -0.25) is 9.59 Å². The predicted molar refractivity (Wildman–Crippen MR) is 127 cm³/mol. The second-order valence-electron chi connectivity index (χ2n) is 7.34. The number of carbonyl (C=O) groups excluding carboxylic acids is 2. The Morgan fingerprint density at radius 1 is 0.871 bits per heavy atom. The molecule has 1 atom stereocenters. The molecule has 0 aliphatic rings. The Kier molecular flexibility index (Phi) is 7.36. The lowest BCUT2D eigenvalue weighted by Crippen LogP contribution is -2.22. The van der Waals surface area contributed by atoms with Crippen LogP contribution in [0.4, 0.5) is 11.4 Å². The summed E-state index contributed by atoms with van der Waals surface area (Å²) in [5.41, 5.74) is 4.19. The molecule has 2 amide bonds. The van der Waals surface area contributed by atoms with Crippen LogP contribution in [0.2, 0.25) is 0 Å². The second-order valence-corrected chi connectivity index (χ2v) is 8.75. The molecule has 6 heteroatoms. The maximum Gasteiger partial charge on any atom is 0.255 e. The van der Waals surface area contributed by atoms with Gasteiger partial charge in [-0.2, -0.15) is 0 Å². The van der Waals surface area contributed by atoms with Gasteiger partial charge < -0.3 is 15.4 Å². The summed E-state index contributed by atoms with van der Waals surface area (Å²) in [4.78, 5) is 26.1. The van der Waals surface area contributed by atoms with E-state index in [1.165, 1.54) is 11.8 Å². The standard InChI is InChI=1S/C25H26N2O3S/c1-16-11-17(2)13-21(12-16)27-24(28)18(3)31-23-10-6-8-20(15-23)26-25(29)19-7-5-9-22(14-19)30-4/h5-15,18H,1-4H3,(H,26,29)(H,27,28). The van der Waals surface area contributed by atoms with Gasteiger partial charge in [0.05, 0.1) is 12.4 Å². The van der Waals surface area contributed by atoms with Crippen molar-refractivity contribution in [3.63, 3.8) is 0 Å². The highest BCUT2D eigenvalue weighted by atomic mass is 32.2. The summed E-state index contributed by atoms with van der Waals surface area (Å²) in [6.45, 7) is 5.88. The van der Waals surface area contributed by atoms with Crippen molar-refractivity contribution in [2.24, 2.45) is 0 Å². The number of hydrogen-bond acceptors (Lipinski definition) is 4. The predicted octanol–water partition coefficient (Wildman–Crippen LogP) is 5.68. The van der Waals surface area contributed by atoms with E-state index in [0.717, 1.165) is 21.7 Å². The minimum absolute atomic E-state index is 0.0687. The summed E-state index contributed by atoms with van der Waals surface area (Å²) in [6, 6.07) is 20.4. The van der Waals surface area contributed by atoms with E-state index in [0.29, 0.717) is 17.0 Å². The Morgan fingerprint density at radius 3 is 2.29 bits per heavy atom. The summed E-state index contributed by atoms with van der Waals surface area (Å²) in [5.74, 6) is 0.336. The number of thioether (sulfide) groups is 1. The number of benzene rings is 3. The molecule has 3 aromatic carbocycles. The number of hydrogen-bond donors (Lipinski definition) is 2. The molecule has 0 spiro atoms. The number of aryl methyl sites for hydroxylation is 2. The van der Waals surface area contributed by atoms with E-state index >= 15 is 0 Å². The molecular formula is C25H26N2O3S. The summed E-state index contributed by atoms with van der Waals surface area (Å²) < 4.78 is 5.17. The molecule has 3 aromatic rings. The van der Waals surface area contributed by atoms with Gasteiger partial charge in [-0.1, -0.05) is 18.2 Å². The molecule has 0 saturated heterocycles. The Morgan fingerprint density at radius 2 is 1.58 bits per heavy atom. The maximum absolute atomic E-state index is 12.6. The topological polar surface area (TPSA) is 67.4 Å². The number of ether oxygens (including phenoxy) is 1. The van der Waals surface area contributed by atoms with E-state index in [1.54, 1.807) is 31.4 Å². The number of methoxy groups -OCH3 is 1. The highest BCUT2D eigenvalue weighted by Crippen LogP contribution is 2.27. The second kappa shape index (κ2) is 10.2. The zero-order valence-corrected chi connectivity index (χ0v) is 18.9. The van der Waals surface area contributed by atoms with Crippen molar-refractivity contribution in [2.75, 3.05) is 17.7 Å². The first-order valence-electron chi connectivity index (χ1n) is 9.95. The maximum atomic E-state index is 12.6. The molecule has 160 valence electrons. The van der Waals surface area contributed by atoms with Crippen LogP contribution < -0.4 is 15.4 Å². The lowest BCUT2D eigenvalue weighted by molar-refractivity contribution is -0.115. The average Bonchev–Trinajstić information content (AvgIpc) is 2.73. The van der Waals surface area contributed by atoms with Crippen molar-refractivity contribution < 1.29 is 14.3 Å². The quantitative estimate of drug-likeness (QED) is 0.469. The first kappa shape index (κ1) is 22.4. The molecule has 0 aliphatic carbocycles. The first-order chi connectivity index (χ1) is 14.8. The van der Waals surface area contributed by atoms with Crippen molar-refractivity contribution in [1.82, 2.24) is 0 Å². The SMILES string of the molecule is COc1cccc(C(=O)Nc2cccc(SC(C)C(=O)Nc3cc(C)cc(C)c3)c2)c1. The van der Waals surface area contributed by atoms with Gasteiger partial charge in [0.25, 0.3) is 5.91 Å². The fourth-order valence-corrected chi connectivity index (χ4v) is 4.09. The Hall–Kier alpha value is -3.25. The molecule has 0 aromatic heterocycles. The molecule has 31 heavy (non-hydrogen) atoms. The van der Waals surface area contributed by atoms with Crippen molar-refractivity contribution >= 4 is 35.0 Å². The summed E-state index contributed by atoms with van der Waals surface area (Å²) >= 11 is 1.44. The summed E-state index contributed by atoms with van der Waals surface area (Å²) in [7, 11) is 1.56. The van der Waals surface area contributed by atoms with Gasteiger partial charge in [0, 0.05) is 21.8 Å². The van der Waals surface area contributed by atoms with E-state index in [-0.39, 0.29) is 17.1 Å². The van der Waals surface area contributed by atoms with Crippen LogP contribution in [0, 0.1) is 13.8 Å². The number of carbonyl (C=O) groups is 2. The van der Waals surface area contributed by atoms with Gasteiger partial charge in [0.2, 0.25) is 5.91 Å². The third kappa shape index (κ3) is 6.36. The largest absolute Gasteiger partial charge is 0.497 e.